The second-order valence-electron chi connectivity index (χ2n) is 3.29. The Hall–Kier alpha value is -1.05. The van der Waals surface area contributed by atoms with Crippen LogP contribution in [0.25, 0.3) is 0 Å². The molecule has 0 N–H and O–H groups in total. The van der Waals surface area contributed by atoms with Crippen LogP contribution in [0.5, 0.6) is 0 Å². The van der Waals surface area contributed by atoms with Crippen LogP contribution in [-0.4, -0.2) is 9.52 Å². The molecule has 14 heavy (non-hydrogen) atoms. The van der Waals surface area contributed by atoms with Crippen LogP contribution in [0.4, 0.5) is 0 Å². The van der Waals surface area contributed by atoms with Crippen molar-refractivity contribution in [2.24, 2.45) is 0 Å². The van der Waals surface area contributed by atoms with Gasteiger partial charge in [0.15, 0.2) is 0 Å². The van der Waals surface area contributed by atoms with E-state index in [0.717, 1.165) is 5.02 Å². The average Bonchev–Trinajstić information content (AvgIpc) is 2.23. The Kier molecular flexibility index (Phi) is 3.02. The number of benzene rings is 2. The molecule has 0 heterocycles. The Morgan fingerprint density at radius 1 is 0.714 bits per heavy atom. The van der Waals surface area contributed by atoms with Crippen molar-refractivity contribution in [1.29, 1.82) is 0 Å². The van der Waals surface area contributed by atoms with Gasteiger partial charge in [-0.25, -0.2) is 0 Å². The Morgan fingerprint density at radius 3 is 1.93 bits per heavy atom. The standard InChI is InChI=1S/C12H11ClSi/c13-10-6-8-12(9-7-10)14-11-4-2-1-3-5-11/h1-9H,14H2. The van der Waals surface area contributed by atoms with E-state index in [9.17, 15) is 0 Å². The van der Waals surface area contributed by atoms with Gasteiger partial charge in [0, 0.05) is 5.02 Å². The van der Waals surface area contributed by atoms with Crippen LogP contribution in [0.15, 0.2) is 54.6 Å². The first-order valence-corrected chi connectivity index (χ1v) is 6.42. The van der Waals surface area contributed by atoms with Gasteiger partial charge in [-0.1, -0.05) is 64.4 Å². The van der Waals surface area contributed by atoms with Crippen LogP contribution < -0.4 is 10.4 Å². The molecule has 0 saturated carbocycles. The molecule has 0 nitrogen and oxygen atoms in total. The van der Waals surface area contributed by atoms with Crippen molar-refractivity contribution in [3.63, 3.8) is 0 Å². The Bertz CT molecular complexity index is 394. The van der Waals surface area contributed by atoms with E-state index in [1.165, 1.54) is 10.4 Å². The van der Waals surface area contributed by atoms with Crippen molar-refractivity contribution in [2.75, 3.05) is 0 Å². The van der Waals surface area contributed by atoms with E-state index in [4.69, 9.17) is 11.6 Å². The molecule has 0 fully saturated rings. The third kappa shape index (κ3) is 2.47. The summed E-state index contributed by atoms with van der Waals surface area (Å²) in [5.41, 5.74) is 0. The number of rotatable bonds is 2. The molecule has 0 radical (unpaired) electrons. The SMILES string of the molecule is Clc1ccc([SiH2]c2ccccc2)cc1. The molecule has 0 aromatic heterocycles. The molecule has 0 aliphatic heterocycles. The maximum Gasteiger partial charge on any atom is 0.0875 e. The second kappa shape index (κ2) is 4.44. The van der Waals surface area contributed by atoms with E-state index in [0.29, 0.717) is 0 Å². The lowest BCUT2D eigenvalue weighted by atomic mass is 10.4. The predicted molar refractivity (Wildman–Crippen MR) is 65.7 cm³/mol. The summed E-state index contributed by atoms with van der Waals surface area (Å²) in [6.45, 7) is 0. The van der Waals surface area contributed by atoms with Crippen molar-refractivity contribution < 1.29 is 0 Å². The third-order valence-corrected chi connectivity index (χ3v) is 4.18. The first-order valence-electron chi connectivity index (χ1n) is 4.63. The summed E-state index contributed by atoms with van der Waals surface area (Å²) in [5.74, 6) is 0. The predicted octanol–water partition coefficient (Wildman–Crippen LogP) is 1.46. The molecule has 0 aliphatic rings. The van der Waals surface area contributed by atoms with Gasteiger partial charge >= 0.3 is 0 Å². The highest BCUT2D eigenvalue weighted by molar-refractivity contribution is 6.67. The van der Waals surface area contributed by atoms with E-state index >= 15 is 0 Å². The first-order chi connectivity index (χ1) is 6.84. The highest BCUT2D eigenvalue weighted by atomic mass is 35.5. The summed E-state index contributed by atoms with van der Waals surface area (Å²) < 4.78 is 0. The summed E-state index contributed by atoms with van der Waals surface area (Å²) in [4.78, 5) is 0. The minimum absolute atomic E-state index is 0.309. The fourth-order valence-corrected chi connectivity index (χ4v) is 3.01. The highest BCUT2D eigenvalue weighted by Gasteiger charge is 1.95. The molecule has 2 heteroatoms. The number of hydrogen-bond donors (Lipinski definition) is 0. The molecule has 2 aromatic rings. The van der Waals surface area contributed by atoms with E-state index in [1.807, 2.05) is 12.1 Å². The van der Waals surface area contributed by atoms with Gasteiger partial charge in [0.05, 0.1) is 9.52 Å². The Balaban J connectivity index is 2.16. The smallest absolute Gasteiger partial charge is 0.0843 e. The van der Waals surface area contributed by atoms with Crippen molar-refractivity contribution in [3.05, 3.63) is 59.6 Å². The molecule has 0 unspecified atom stereocenters. The fourth-order valence-electron chi connectivity index (χ4n) is 1.43. The maximum atomic E-state index is 5.83. The average molecular weight is 219 g/mol. The van der Waals surface area contributed by atoms with Gasteiger partial charge in [-0.3, -0.25) is 0 Å². The number of hydrogen-bond acceptors (Lipinski definition) is 0. The minimum atomic E-state index is -0.309. The van der Waals surface area contributed by atoms with Crippen LogP contribution in [0.1, 0.15) is 0 Å². The summed E-state index contributed by atoms with van der Waals surface area (Å²) in [6.07, 6.45) is 0. The molecule has 0 bridgehead atoms. The van der Waals surface area contributed by atoms with Gasteiger partial charge in [-0.05, 0) is 12.1 Å². The first kappa shape index (κ1) is 9.50. The number of halogens is 1. The normalized spacial score (nSPS) is 10.9. The summed E-state index contributed by atoms with van der Waals surface area (Å²) in [7, 11) is -0.309. The van der Waals surface area contributed by atoms with Gasteiger partial charge in [0.1, 0.15) is 0 Å². The second-order valence-corrected chi connectivity index (χ2v) is 5.71. The summed E-state index contributed by atoms with van der Waals surface area (Å²) >= 11 is 5.83. The zero-order chi connectivity index (χ0) is 9.80. The molecular weight excluding hydrogens is 208 g/mol. The lowest BCUT2D eigenvalue weighted by Gasteiger charge is -2.00. The van der Waals surface area contributed by atoms with Crippen LogP contribution in [0.3, 0.4) is 0 Å². The molecule has 0 saturated heterocycles. The Labute approximate surface area is 91.4 Å². The molecule has 0 amide bonds. The van der Waals surface area contributed by atoms with E-state index in [-0.39, 0.29) is 9.52 Å². The lowest BCUT2D eigenvalue weighted by Crippen LogP contribution is -2.26. The third-order valence-electron chi connectivity index (χ3n) is 2.16. The van der Waals surface area contributed by atoms with Crippen LogP contribution in [-0.2, 0) is 0 Å². The topological polar surface area (TPSA) is 0 Å². The molecule has 70 valence electrons. The van der Waals surface area contributed by atoms with Gasteiger partial charge in [0.25, 0.3) is 0 Å². The van der Waals surface area contributed by atoms with Gasteiger partial charge in [-0.2, -0.15) is 0 Å². The zero-order valence-corrected chi connectivity index (χ0v) is 9.95. The van der Waals surface area contributed by atoms with Crippen LogP contribution in [0, 0.1) is 0 Å². The van der Waals surface area contributed by atoms with Gasteiger partial charge < -0.3 is 0 Å². The molecule has 2 aromatic carbocycles. The van der Waals surface area contributed by atoms with Crippen LogP contribution in [0.2, 0.25) is 5.02 Å². The van der Waals surface area contributed by atoms with E-state index in [1.54, 1.807) is 0 Å². The molecule has 2 rings (SSSR count). The summed E-state index contributed by atoms with van der Waals surface area (Å²) in [5, 5.41) is 3.71. The van der Waals surface area contributed by atoms with E-state index in [2.05, 4.69) is 42.5 Å². The molecule has 0 atom stereocenters. The maximum absolute atomic E-state index is 5.83. The molecule has 0 aliphatic carbocycles. The molecular formula is C12H11ClSi. The van der Waals surface area contributed by atoms with Crippen LogP contribution >= 0.6 is 11.6 Å². The van der Waals surface area contributed by atoms with Crippen molar-refractivity contribution in [3.8, 4) is 0 Å². The van der Waals surface area contributed by atoms with Gasteiger partial charge in [-0.15, -0.1) is 0 Å². The zero-order valence-electron chi connectivity index (χ0n) is 7.78. The van der Waals surface area contributed by atoms with Crippen molar-refractivity contribution in [2.45, 2.75) is 0 Å². The quantitative estimate of drug-likeness (QED) is 0.670. The largest absolute Gasteiger partial charge is 0.0875 e. The minimum Gasteiger partial charge on any atom is -0.0843 e. The monoisotopic (exact) mass is 218 g/mol. The lowest BCUT2D eigenvalue weighted by molar-refractivity contribution is 1.74. The van der Waals surface area contributed by atoms with E-state index < -0.39 is 0 Å². The van der Waals surface area contributed by atoms with Crippen molar-refractivity contribution >= 4 is 31.5 Å². The molecule has 0 spiro atoms. The van der Waals surface area contributed by atoms with Crippen molar-refractivity contribution in [1.82, 2.24) is 0 Å². The summed E-state index contributed by atoms with van der Waals surface area (Å²) in [6, 6.07) is 18.8. The highest BCUT2D eigenvalue weighted by Crippen LogP contribution is 2.03. The fraction of sp³-hybridized carbons (Fsp3) is 0. The Morgan fingerprint density at radius 2 is 1.29 bits per heavy atom. The van der Waals surface area contributed by atoms with Gasteiger partial charge in [0.2, 0.25) is 0 Å².